The van der Waals surface area contributed by atoms with Crippen molar-refractivity contribution in [1.29, 1.82) is 0 Å². The third kappa shape index (κ3) is 4.95. The van der Waals surface area contributed by atoms with E-state index in [1.54, 1.807) is 23.0 Å². The van der Waals surface area contributed by atoms with Crippen LogP contribution in [0.5, 0.6) is 0 Å². The molecule has 12 heteroatoms. The number of amides is 1. The van der Waals surface area contributed by atoms with E-state index in [1.165, 1.54) is 6.26 Å². The van der Waals surface area contributed by atoms with Crippen LogP contribution in [0.3, 0.4) is 0 Å². The van der Waals surface area contributed by atoms with Crippen molar-refractivity contribution < 1.29 is 18.3 Å². The molecule has 1 atom stereocenters. The molecule has 4 heterocycles. The predicted molar refractivity (Wildman–Crippen MR) is 127 cm³/mol. The number of nitrogen functional groups attached to an aromatic ring is 1. The fourth-order valence-corrected chi connectivity index (χ4v) is 3.97. The number of nitrogens with one attached hydrogen (secondary N) is 1. The van der Waals surface area contributed by atoms with E-state index in [9.17, 15) is 9.18 Å². The van der Waals surface area contributed by atoms with E-state index in [4.69, 9.17) is 14.8 Å². The summed E-state index contributed by atoms with van der Waals surface area (Å²) in [5, 5.41) is 8.24. The molecular formula is C22H23ClFN7O3. The van der Waals surface area contributed by atoms with Gasteiger partial charge in [0.05, 0.1) is 28.8 Å². The number of halogens is 2. The van der Waals surface area contributed by atoms with Crippen LogP contribution in [0.1, 0.15) is 23.3 Å². The molecule has 0 aliphatic carbocycles. The van der Waals surface area contributed by atoms with Gasteiger partial charge in [-0.2, -0.15) is 5.10 Å². The Kier molecular flexibility index (Phi) is 6.94. The number of benzene rings is 1. The smallest absolute Gasteiger partial charge is 0.277 e. The molecule has 178 valence electrons. The Morgan fingerprint density at radius 1 is 1.35 bits per heavy atom. The van der Waals surface area contributed by atoms with Crippen molar-refractivity contribution in [1.82, 2.24) is 19.7 Å². The molecule has 3 aromatic heterocycles. The summed E-state index contributed by atoms with van der Waals surface area (Å²) in [5.41, 5.74) is 8.54. The summed E-state index contributed by atoms with van der Waals surface area (Å²) in [4.78, 5) is 23.2. The summed E-state index contributed by atoms with van der Waals surface area (Å²) in [5.74, 6) is 0.164. The fraction of sp³-hybridized carbons (Fsp3) is 0.273. The van der Waals surface area contributed by atoms with E-state index < -0.39 is 12.1 Å². The first kappa shape index (κ1) is 23.5. The second-order valence-electron chi connectivity index (χ2n) is 7.88. The lowest BCUT2D eigenvalue weighted by molar-refractivity contribution is 0.102. The monoisotopic (exact) mass is 487 g/mol. The molecule has 0 spiro atoms. The standard InChI is InChI=1S/C22H22FN7O2.ClHO/c1-29-10-14-7-17(19(9-16(14)28-29)30-6-2-3-15(23)11-30)26-21(31)18-12-32-22(27-18)13-4-5-25-20(24)8-13;1-2/h4-5,7-10,12,15H,2-3,6,11H2,1H3,(H2,24,25)(H,26,31);2H. The molecule has 1 aliphatic heterocycles. The van der Waals surface area contributed by atoms with Crippen molar-refractivity contribution in [3.05, 3.63) is 48.6 Å². The maximum Gasteiger partial charge on any atom is 0.277 e. The number of oxazole rings is 1. The summed E-state index contributed by atoms with van der Waals surface area (Å²) in [7, 11) is 1.83. The number of piperidine rings is 1. The van der Waals surface area contributed by atoms with Gasteiger partial charge in [0.1, 0.15) is 18.3 Å². The van der Waals surface area contributed by atoms with Crippen molar-refractivity contribution >= 4 is 45.9 Å². The number of carbonyl (C=O) groups is 1. The average molecular weight is 488 g/mol. The average Bonchev–Trinajstić information content (AvgIpc) is 3.46. The Hall–Kier alpha value is -3.70. The lowest BCUT2D eigenvalue weighted by atomic mass is 10.1. The molecule has 1 unspecified atom stereocenters. The first-order valence-corrected chi connectivity index (χ1v) is 10.8. The summed E-state index contributed by atoms with van der Waals surface area (Å²) in [6, 6.07) is 7.05. The number of nitrogens with zero attached hydrogens (tertiary/aromatic N) is 5. The molecule has 0 radical (unpaired) electrons. The second-order valence-corrected chi connectivity index (χ2v) is 7.88. The maximum absolute atomic E-state index is 14.1. The molecule has 5 rings (SSSR count). The minimum Gasteiger partial charge on any atom is -0.444 e. The van der Waals surface area contributed by atoms with Crippen LogP contribution in [0.25, 0.3) is 22.4 Å². The molecule has 1 aliphatic rings. The molecule has 4 aromatic rings. The zero-order valence-corrected chi connectivity index (χ0v) is 19.0. The molecule has 0 bridgehead atoms. The van der Waals surface area contributed by atoms with Crippen LogP contribution in [0.15, 0.2) is 47.3 Å². The SMILES string of the molecule is Cn1cc2cc(NC(=O)c3coc(-c4ccnc(N)c4)n3)c(N3CCCC(F)C3)cc2n1.OCl. The normalized spacial score (nSPS) is 15.6. The number of aromatic nitrogens is 4. The second kappa shape index (κ2) is 10.1. The Bertz CT molecular complexity index is 1310. The van der Waals surface area contributed by atoms with Crippen LogP contribution in [-0.2, 0) is 7.05 Å². The van der Waals surface area contributed by atoms with Crippen LogP contribution >= 0.6 is 11.9 Å². The number of carbonyl (C=O) groups excluding carboxylic acids is 1. The summed E-state index contributed by atoms with van der Waals surface area (Å²) in [6.45, 7) is 0.984. The third-order valence-electron chi connectivity index (χ3n) is 5.45. The van der Waals surface area contributed by atoms with Gasteiger partial charge in [0.25, 0.3) is 5.91 Å². The van der Waals surface area contributed by atoms with Gasteiger partial charge in [-0.25, -0.2) is 14.4 Å². The van der Waals surface area contributed by atoms with E-state index >= 15 is 0 Å². The van der Waals surface area contributed by atoms with Gasteiger partial charge in [-0.05, 0) is 37.1 Å². The number of fused-ring (bicyclic) bond motifs is 1. The number of nitrogens with two attached hydrogens (primary N) is 1. The van der Waals surface area contributed by atoms with Crippen LogP contribution in [0, 0.1) is 0 Å². The zero-order chi connectivity index (χ0) is 24.2. The van der Waals surface area contributed by atoms with Gasteiger partial charge in [0.15, 0.2) is 5.69 Å². The van der Waals surface area contributed by atoms with Crippen LogP contribution in [-0.4, -0.2) is 49.6 Å². The number of alkyl halides is 1. The van der Waals surface area contributed by atoms with Crippen molar-refractivity contribution in [3.8, 4) is 11.5 Å². The highest BCUT2D eigenvalue weighted by Gasteiger charge is 2.24. The van der Waals surface area contributed by atoms with Gasteiger partial charge in [-0.3, -0.25) is 14.1 Å². The summed E-state index contributed by atoms with van der Waals surface area (Å²) >= 11 is 3.64. The molecule has 4 N–H and O–H groups in total. The molecule has 1 amide bonds. The number of aryl methyl sites for hydroxylation is 1. The molecule has 1 aromatic carbocycles. The van der Waals surface area contributed by atoms with Crippen molar-refractivity contribution in [2.24, 2.45) is 7.05 Å². The number of hydrogen-bond acceptors (Lipinski definition) is 8. The highest BCUT2D eigenvalue weighted by molar-refractivity contribution is 6.06. The summed E-state index contributed by atoms with van der Waals surface area (Å²) in [6.07, 6.45) is 5.09. The number of rotatable bonds is 4. The molecule has 10 nitrogen and oxygen atoms in total. The summed E-state index contributed by atoms with van der Waals surface area (Å²) < 4.78 is 27.8. The largest absolute Gasteiger partial charge is 0.444 e. The lowest BCUT2D eigenvalue weighted by Crippen LogP contribution is -2.37. The molecule has 1 saturated heterocycles. The number of pyridine rings is 1. The maximum atomic E-state index is 14.1. The van der Waals surface area contributed by atoms with Crippen molar-refractivity contribution in [3.63, 3.8) is 0 Å². The zero-order valence-electron chi connectivity index (χ0n) is 18.3. The van der Waals surface area contributed by atoms with Gasteiger partial charge >= 0.3 is 0 Å². The van der Waals surface area contributed by atoms with E-state index in [0.29, 0.717) is 30.0 Å². The Morgan fingerprint density at radius 2 is 2.18 bits per heavy atom. The van der Waals surface area contributed by atoms with E-state index in [1.807, 2.05) is 30.3 Å². The molecule has 0 saturated carbocycles. The highest BCUT2D eigenvalue weighted by atomic mass is 35.5. The van der Waals surface area contributed by atoms with E-state index in [2.05, 4.69) is 32.2 Å². The van der Waals surface area contributed by atoms with Crippen molar-refractivity contribution in [2.45, 2.75) is 19.0 Å². The number of hydrogen-bond donors (Lipinski definition) is 3. The number of anilines is 3. The quantitative estimate of drug-likeness (QED) is 0.398. The minimum atomic E-state index is -0.905. The predicted octanol–water partition coefficient (Wildman–Crippen LogP) is 3.53. The first-order valence-electron chi connectivity index (χ1n) is 10.5. The third-order valence-corrected chi connectivity index (χ3v) is 5.45. The van der Waals surface area contributed by atoms with Gasteiger partial charge in [0.2, 0.25) is 5.89 Å². The molecular weight excluding hydrogens is 465 g/mol. The Balaban J connectivity index is 0.00000133. The highest BCUT2D eigenvalue weighted by Crippen LogP contribution is 2.33. The Labute approximate surface area is 199 Å². The first-order chi connectivity index (χ1) is 16.5. The van der Waals surface area contributed by atoms with Gasteiger partial charge < -0.3 is 20.4 Å². The van der Waals surface area contributed by atoms with E-state index in [0.717, 1.165) is 23.0 Å². The van der Waals surface area contributed by atoms with Gasteiger partial charge in [-0.1, -0.05) is 0 Å². The van der Waals surface area contributed by atoms with Gasteiger partial charge in [-0.15, -0.1) is 0 Å². The lowest BCUT2D eigenvalue weighted by Gasteiger charge is -2.32. The van der Waals surface area contributed by atoms with E-state index in [-0.39, 0.29) is 18.1 Å². The minimum absolute atomic E-state index is 0.120. The fourth-order valence-electron chi connectivity index (χ4n) is 3.97. The van der Waals surface area contributed by atoms with Crippen LogP contribution in [0.4, 0.5) is 21.6 Å². The molecule has 34 heavy (non-hydrogen) atoms. The van der Waals surface area contributed by atoms with Crippen molar-refractivity contribution in [2.75, 3.05) is 29.0 Å². The van der Waals surface area contributed by atoms with Crippen LogP contribution < -0.4 is 16.0 Å². The molecule has 1 fully saturated rings. The topological polar surface area (TPSA) is 135 Å². The van der Waals surface area contributed by atoms with Crippen LogP contribution in [0.2, 0.25) is 0 Å². The van der Waals surface area contributed by atoms with Gasteiger partial charge in [0, 0.05) is 43.5 Å². The Morgan fingerprint density at radius 3 is 2.94 bits per heavy atom.